The summed E-state index contributed by atoms with van der Waals surface area (Å²) in [5.41, 5.74) is 0.937. The highest BCUT2D eigenvalue weighted by atomic mass is 16.4. The van der Waals surface area contributed by atoms with Crippen molar-refractivity contribution in [3.63, 3.8) is 0 Å². The van der Waals surface area contributed by atoms with Crippen molar-refractivity contribution >= 4 is 22.7 Å². The molecule has 0 atom stereocenters. The molecule has 0 aliphatic carbocycles. The number of aromatic carboxylic acids is 1. The van der Waals surface area contributed by atoms with E-state index in [1.54, 1.807) is 36.8 Å². The van der Waals surface area contributed by atoms with E-state index in [9.17, 15) is 4.79 Å². The highest BCUT2D eigenvalue weighted by molar-refractivity contribution is 6.02. The van der Waals surface area contributed by atoms with E-state index in [4.69, 9.17) is 5.11 Å². The van der Waals surface area contributed by atoms with Crippen LogP contribution in [0.3, 0.4) is 0 Å². The molecule has 1 aromatic carbocycles. The van der Waals surface area contributed by atoms with Crippen LogP contribution >= 0.6 is 0 Å². The lowest BCUT2D eigenvalue weighted by atomic mass is 10.1. The van der Waals surface area contributed by atoms with Gasteiger partial charge in [-0.1, -0.05) is 6.07 Å². The molecular formula is C15H14N4O2. The van der Waals surface area contributed by atoms with E-state index in [1.165, 1.54) is 0 Å². The van der Waals surface area contributed by atoms with Gasteiger partial charge in [0.1, 0.15) is 5.82 Å². The maximum atomic E-state index is 11.2. The number of hydrogen-bond donors (Lipinski definition) is 2. The molecular weight excluding hydrogens is 268 g/mol. The first-order chi connectivity index (χ1) is 10.2. The van der Waals surface area contributed by atoms with E-state index < -0.39 is 5.97 Å². The first kappa shape index (κ1) is 13.1. The molecule has 3 aromatic rings. The summed E-state index contributed by atoms with van der Waals surface area (Å²) in [6.45, 7) is 1.50. The van der Waals surface area contributed by atoms with Gasteiger partial charge >= 0.3 is 5.97 Å². The average molecular weight is 282 g/mol. The molecule has 0 bridgehead atoms. The summed E-state index contributed by atoms with van der Waals surface area (Å²) in [4.78, 5) is 19.6. The second-order valence-corrected chi connectivity index (χ2v) is 4.60. The Morgan fingerprint density at radius 1 is 1.29 bits per heavy atom. The number of benzene rings is 1. The van der Waals surface area contributed by atoms with E-state index in [-0.39, 0.29) is 5.56 Å². The summed E-state index contributed by atoms with van der Waals surface area (Å²) in [6, 6.07) is 8.67. The SMILES string of the molecule is O=C(O)c1cccc2nc(NCCn3ccnc3)ccc12. The highest BCUT2D eigenvalue weighted by Gasteiger charge is 2.08. The first-order valence-corrected chi connectivity index (χ1v) is 6.57. The fourth-order valence-corrected chi connectivity index (χ4v) is 2.17. The normalized spacial score (nSPS) is 10.7. The first-order valence-electron chi connectivity index (χ1n) is 6.57. The molecule has 6 nitrogen and oxygen atoms in total. The third-order valence-corrected chi connectivity index (χ3v) is 3.20. The van der Waals surface area contributed by atoms with Crippen LogP contribution < -0.4 is 5.32 Å². The predicted molar refractivity (Wildman–Crippen MR) is 79.4 cm³/mol. The second kappa shape index (κ2) is 5.62. The summed E-state index contributed by atoms with van der Waals surface area (Å²) < 4.78 is 1.97. The van der Waals surface area contributed by atoms with Crippen LogP contribution in [-0.4, -0.2) is 32.2 Å². The number of carboxylic acids is 1. The molecule has 21 heavy (non-hydrogen) atoms. The Labute approximate surface area is 121 Å². The standard InChI is InChI=1S/C15H14N4O2/c20-15(21)12-2-1-3-13-11(12)4-5-14(18-13)17-7-9-19-8-6-16-10-19/h1-6,8,10H,7,9H2,(H,17,18)(H,20,21). The Morgan fingerprint density at radius 2 is 2.19 bits per heavy atom. The summed E-state index contributed by atoms with van der Waals surface area (Å²) in [7, 11) is 0. The number of fused-ring (bicyclic) bond motifs is 1. The van der Waals surface area contributed by atoms with Crippen molar-refractivity contribution < 1.29 is 9.90 Å². The van der Waals surface area contributed by atoms with Crippen LogP contribution in [0.1, 0.15) is 10.4 Å². The number of aromatic nitrogens is 3. The van der Waals surface area contributed by atoms with Crippen molar-refractivity contribution in [1.29, 1.82) is 0 Å². The molecule has 0 saturated heterocycles. The molecule has 6 heteroatoms. The smallest absolute Gasteiger partial charge is 0.336 e. The van der Waals surface area contributed by atoms with Gasteiger partial charge in [0.15, 0.2) is 0 Å². The third kappa shape index (κ3) is 2.84. The largest absolute Gasteiger partial charge is 0.478 e. The lowest BCUT2D eigenvalue weighted by Crippen LogP contribution is -2.10. The lowest BCUT2D eigenvalue weighted by Gasteiger charge is -2.08. The minimum absolute atomic E-state index is 0.268. The zero-order chi connectivity index (χ0) is 14.7. The maximum Gasteiger partial charge on any atom is 0.336 e. The van der Waals surface area contributed by atoms with Crippen LogP contribution in [0.25, 0.3) is 10.9 Å². The summed E-state index contributed by atoms with van der Waals surface area (Å²) in [5, 5.41) is 13.0. The maximum absolute atomic E-state index is 11.2. The Morgan fingerprint density at radius 3 is 2.95 bits per heavy atom. The molecule has 2 N–H and O–H groups in total. The van der Waals surface area contributed by atoms with E-state index in [1.807, 2.05) is 16.8 Å². The number of nitrogens with zero attached hydrogens (tertiary/aromatic N) is 3. The van der Waals surface area contributed by atoms with Gasteiger partial charge in [-0.15, -0.1) is 0 Å². The average Bonchev–Trinajstić information content (AvgIpc) is 2.99. The Hall–Kier alpha value is -2.89. The molecule has 3 rings (SSSR count). The molecule has 0 amide bonds. The van der Waals surface area contributed by atoms with Gasteiger partial charge in [0, 0.05) is 30.9 Å². The van der Waals surface area contributed by atoms with Crippen molar-refractivity contribution in [1.82, 2.24) is 14.5 Å². The van der Waals surface area contributed by atoms with E-state index >= 15 is 0 Å². The monoisotopic (exact) mass is 282 g/mol. The highest BCUT2D eigenvalue weighted by Crippen LogP contribution is 2.19. The van der Waals surface area contributed by atoms with Crippen molar-refractivity contribution in [3.8, 4) is 0 Å². The molecule has 0 radical (unpaired) electrons. The number of hydrogen-bond acceptors (Lipinski definition) is 4. The molecule has 0 aliphatic heterocycles. The number of nitrogens with one attached hydrogen (secondary N) is 1. The topological polar surface area (TPSA) is 80.0 Å². The quantitative estimate of drug-likeness (QED) is 0.750. The second-order valence-electron chi connectivity index (χ2n) is 4.60. The number of imidazole rings is 1. The van der Waals surface area contributed by atoms with Gasteiger partial charge in [0.25, 0.3) is 0 Å². The number of pyridine rings is 1. The summed E-state index contributed by atoms with van der Waals surface area (Å²) in [5.74, 6) is -0.214. The molecule has 0 unspecified atom stereocenters. The fourth-order valence-electron chi connectivity index (χ4n) is 2.17. The zero-order valence-corrected chi connectivity index (χ0v) is 11.2. The van der Waals surface area contributed by atoms with Gasteiger partial charge in [-0.05, 0) is 24.3 Å². The van der Waals surface area contributed by atoms with Crippen molar-refractivity contribution in [3.05, 3.63) is 54.6 Å². The van der Waals surface area contributed by atoms with Gasteiger partial charge < -0.3 is 15.0 Å². The Bertz CT molecular complexity index is 768. The van der Waals surface area contributed by atoms with Crippen LogP contribution in [-0.2, 0) is 6.54 Å². The van der Waals surface area contributed by atoms with E-state index in [0.29, 0.717) is 17.4 Å². The minimum Gasteiger partial charge on any atom is -0.478 e. The molecule has 0 saturated carbocycles. The van der Waals surface area contributed by atoms with Crippen molar-refractivity contribution in [2.45, 2.75) is 6.54 Å². The fraction of sp³-hybridized carbons (Fsp3) is 0.133. The van der Waals surface area contributed by atoms with E-state index in [2.05, 4.69) is 15.3 Å². The molecule has 0 aliphatic rings. The number of carbonyl (C=O) groups is 1. The van der Waals surface area contributed by atoms with Crippen LogP contribution in [0, 0.1) is 0 Å². The molecule has 0 fully saturated rings. The Kier molecular flexibility index (Phi) is 3.51. The van der Waals surface area contributed by atoms with Crippen LogP contribution in [0.15, 0.2) is 49.1 Å². The van der Waals surface area contributed by atoms with Gasteiger partial charge in [0.05, 0.1) is 17.4 Å². The van der Waals surface area contributed by atoms with Crippen molar-refractivity contribution in [2.24, 2.45) is 0 Å². The van der Waals surface area contributed by atoms with Gasteiger partial charge in [-0.3, -0.25) is 0 Å². The zero-order valence-electron chi connectivity index (χ0n) is 11.2. The van der Waals surface area contributed by atoms with Crippen LogP contribution in [0.2, 0.25) is 0 Å². The van der Waals surface area contributed by atoms with E-state index in [0.717, 1.165) is 12.4 Å². The molecule has 106 valence electrons. The molecule has 0 spiro atoms. The lowest BCUT2D eigenvalue weighted by molar-refractivity contribution is 0.0699. The van der Waals surface area contributed by atoms with Gasteiger partial charge in [-0.2, -0.15) is 0 Å². The predicted octanol–water partition coefficient (Wildman–Crippen LogP) is 2.24. The van der Waals surface area contributed by atoms with Crippen LogP contribution in [0.5, 0.6) is 0 Å². The minimum atomic E-state index is -0.941. The summed E-state index contributed by atoms with van der Waals surface area (Å²) in [6.07, 6.45) is 5.39. The number of carboxylic acid groups (broad SMARTS) is 1. The third-order valence-electron chi connectivity index (χ3n) is 3.20. The molecule has 2 heterocycles. The number of rotatable bonds is 5. The molecule has 2 aromatic heterocycles. The van der Waals surface area contributed by atoms with Crippen LogP contribution in [0.4, 0.5) is 5.82 Å². The number of anilines is 1. The van der Waals surface area contributed by atoms with Gasteiger partial charge in [0.2, 0.25) is 0 Å². The van der Waals surface area contributed by atoms with Crippen molar-refractivity contribution in [2.75, 3.05) is 11.9 Å². The van der Waals surface area contributed by atoms with Gasteiger partial charge in [-0.25, -0.2) is 14.8 Å². The Balaban J connectivity index is 1.76. The summed E-state index contributed by atoms with van der Waals surface area (Å²) >= 11 is 0.